The minimum atomic E-state index is -1.01. The van der Waals surface area contributed by atoms with Gasteiger partial charge in [-0.2, -0.15) is 0 Å². The number of imide groups is 1. The molecule has 0 saturated heterocycles. The van der Waals surface area contributed by atoms with Crippen LogP contribution < -0.4 is 0 Å². The number of Topliss-reactive ketones (excluding diaryl/α,β-unsaturated/α-hetero) is 1. The van der Waals surface area contributed by atoms with Gasteiger partial charge in [0.2, 0.25) is 0 Å². The highest BCUT2D eigenvalue weighted by Crippen LogP contribution is 2.39. The summed E-state index contributed by atoms with van der Waals surface area (Å²) in [4.78, 5) is 50.2. The van der Waals surface area contributed by atoms with Crippen LogP contribution in [0.25, 0.3) is 0 Å². The van der Waals surface area contributed by atoms with E-state index in [-0.39, 0.29) is 22.9 Å². The summed E-state index contributed by atoms with van der Waals surface area (Å²) in [5.74, 6) is -1.31. The lowest BCUT2D eigenvalue weighted by Gasteiger charge is -2.26. The first-order chi connectivity index (χ1) is 12.7. The van der Waals surface area contributed by atoms with E-state index in [1.807, 2.05) is 13.8 Å². The molecule has 1 unspecified atom stereocenters. The number of hydrogen-bond acceptors (Lipinski definition) is 7. The normalized spacial score (nSPS) is 14.9. The quantitative estimate of drug-likeness (QED) is 0.351. The van der Waals surface area contributed by atoms with Crippen LogP contribution in [0.1, 0.15) is 54.8 Å². The van der Waals surface area contributed by atoms with Gasteiger partial charge in [-0.05, 0) is 39.8 Å². The largest absolute Gasteiger partial charge is 0.464 e. The van der Waals surface area contributed by atoms with E-state index in [1.165, 1.54) is 28.5 Å². The molecular weight excluding hydrogens is 386 g/mol. The monoisotopic (exact) mass is 409 g/mol. The zero-order chi connectivity index (χ0) is 20.2. The van der Waals surface area contributed by atoms with Crippen molar-refractivity contribution < 1.29 is 23.9 Å². The molecule has 2 amide bonds. The van der Waals surface area contributed by atoms with Crippen LogP contribution in [-0.2, 0) is 14.3 Å². The summed E-state index contributed by atoms with van der Waals surface area (Å²) in [6, 6.07) is 5.51. The maximum Gasteiger partial charge on any atom is 0.330 e. The van der Waals surface area contributed by atoms with Gasteiger partial charge in [0.1, 0.15) is 11.8 Å². The fourth-order valence-electron chi connectivity index (χ4n) is 2.86. The van der Waals surface area contributed by atoms with Crippen LogP contribution in [-0.4, -0.2) is 51.6 Å². The van der Waals surface area contributed by atoms with Crippen LogP contribution in [0.15, 0.2) is 24.3 Å². The Hall–Kier alpha value is -1.80. The number of carbonyl (C=O) groups is 4. The molecule has 0 radical (unpaired) electrons. The van der Waals surface area contributed by atoms with Gasteiger partial charge in [0.15, 0.2) is 0 Å². The number of rotatable bonds is 9. The molecule has 1 aliphatic heterocycles. The Morgan fingerprint density at radius 1 is 1.15 bits per heavy atom. The van der Waals surface area contributed by atoms with Gasteiger partial charge in [-0.25, -0.2) is 4.79 Å². The Bertz CT molecular complexity index is 727. The summed E-state index contributed by atoms with van der Waals surface area (Å²) in [5.41, 5.74) is 0.595. The molecule has 0 aromatic heterocycles. The summed E-state index contributed by atoms with van der Waals surface area (Å²) in [6.07, 6.45) is 0.391. The van der Waals surface area contributed by atoms with Gasteiger partial charge in [0.25, 0.3) is 11.8 Å². The van der Waals surface area contributed by atoms with E-state index in [0.29, 0.717) is 17.5 Å². The van der Waals surface area contributed by atoms with Crippen LogP contribution >= 0.6 is 21.6 Å². The van der Waals surface area contributed by atoms with Gasteiger partial charge < -0.3 is 4.74 Å². The summed E-state index contributed by atoms with van der Waals surface area (Å²) in [7, 11) is 2.81. The van der Waals surface area contributed by atoms with Crippen molar-refractivity contribution >= 4 is 45.2 Å². The Balaban J connectivity index is 2.16. The highest BCUT2D eigenvalue weighted by molar-refractivity contribution is 8.77. The van der Waals surface area contributed by atoms with Crippen LogP contribution in [0.3, 0.4) is 0 Å². The van der Waals surface area contributed by atoms with Crippen molar-refractivity contribution in [3.63, 3.8) is 0 Å². The zero-order valence-electron chi connectivity index (χ0n) is 15.8. The third-order valence-electron chi connectivity index (χ3n) is 3.88. The number of ether oxygens (including phenoxy) is 1. The van der Waals surface area contributed by atoms with Gasteiger partial charge in [-0.15, -0.1) is 0 Å². The molecule has 0 bridgehead atoms. The minimum Gasteiger partial charge on any atom is -0.464 e. The molecule has 1 heterocycles. The molecule has 0 saturated carbocycles. The van der Waals surface area contributed by atoms with E-state index in [2.05, 4.69) is 0 Å². The van der Waals surface area contributed by atoms with E-state index in [9.17, 15) is 19.2 Å². The summed E-state index contributed by atoms with van der Waals surface area (Å²) < 4.78 is 4.78. The topological polar surface area (TPSA) is 80.8 Å². The fourth-order valence-corrected chi connectivity index (χ4v) is 5.65. The van der Waals surface area contributed by atoms with Crippen molar-refractivity contribution in [2.45, 2.75) is 44.9 Å². The van der Waals surface area contributed by atoms with Crippen LogP contribution in [0.2, 0.25) is 0 Å². The van der Waals surface area contributed by atoms with Crippen molar-refractivity contribution in [2.75, 3.05) is 12.4 Å². The van der Waals surface area contributed by atoms with Crippen molar-refractivity contribution in [1.82, 2.24) is 4.90 Å². The maximum absolute atomic E-state index is 12.7. The van der Waals surface area contributed by atoms with Crippen molar-refractivity contribution in [1.29, 1.82) is 0 Å². The van der Waals surface area contributed by atoms with Crippen LogP contribution in [0, 0.1) is 0 Å². The number of fused-ring (bicyclic) bond motifs is 1. The summed E-state index contributed by atoms with van der Waals surface area (Å²) in [5, 5.41) is 0. The smallest absolute Gasteiger partial charge is 0.330 e. The fraction of sp³-hybridized carbons (Fsp3) is 0.474. The van der Waals surface area contributed by atoms with Gasteiger partial charge in [0.05, 0.1) is 17.7 Å². The first-order valence-corrected chi connectivity index (χ1v) is 10.9. The first kappa shape index (κ1) is 21.5. The molecule has 27 heavy (non-hydrogen) atoms. The van der Waals surface area contributed by atoms with E-state index in [0.717, 1.165) is 4.90 Å². The molecule has 0 N–H and O–H groups in total. The van der Waals surface area contributed by atoms with Gasteiger partial charge >= 0.3 is 5.97 Å². The third-order valence-corrected chi connectivity index (χ3v) is 7.16. The highest BCUT2D eigenvalue weighted by Gasteiger charge is 2.43. The second kappa shape index (κ2) is 8.93. The van der Waals surface area contributed by atoms with Gasteiger partial charge in [0, 0.05) is 16.9 Å². The summed E-state index contributed by atoms with van der Waals surface area (Å²) in [6.45, 7) is 7.25. The standard InChI is InChI=1S/C19H23NO5S2/c1-5-25-18(24)15(11-26-27-19(3,4)10-12(2)21)20-16(22)13-8-6-7-9-14(13)17(20)23/h6-9,15H,5,10-11H2,1-4H3. The number of hydrogen-bond donors (Lipinski definition) is 0. The minimum absolute atomic E-state index is 0.0791. The predicted molar refractivity (Wildman–Crippen MR) is 107 cm³/mol. The molecular formula is C19H23NO5S2. The van der Waals surface area contributed by atoms with Crippen molar-refractivity contribution in [3.05, 3.63) is 35.4 Å². The van der Waals surface area contributed by atoms with Crippen LogP contribution in [0.4, 0.5) is 0 Å². The van der Waals surface area contributed by atoms with Crippen LogP contribution in [0.5, 0.6) is 0 Å². The number of benzene rings is 1. The average molecular weight is 410 g/mol. The Morgan fingerprint density at radius 3 is 2.19 bits per heavy atom. The van der Waals surface area contributed by atoms with Crippen molar-refractivity contribution in [3.8, 4) is 0 Å². The number of carbonyl (C=O) groups excluding carboxylic acids is 4. The Morgan fingerprint density at radius 2 is 1.70 bits per heavy atom. The lowest BCUT2D eigenvalue weighted by Crippen LogP contribution is -2.47. The highest BCUT2D eigenvalue weighted by atomic mass is 33.1. The van der Waals surface area contributed by atoms with E-state index in [1.54, 1.807) is 31.2 Å². The second-order valence-corrected chi connectivity index (χ2v) is 9.85. The number of esters is 1. The molecule has 1 aliphatic rings. The molecule has 1 aromatic carbocycles. The van der Waals surface area contributed by atoms with Gasteiger partial charge in [-0.3, -0.25) is 19.3 Å². The number of amides is 2. The lowest BCUT2D eigenvalue weighted by molar-refractivity contribution is -0.147. The van der Waals surface area contributed by atoms with E-state index < -0.39 is 23.8 Å². The molecule has 0 spiro atoms. The molecule has 6 nitrogen and oxygen atoms in total. The molecule has 1 atom stereocenters. The van der Waals surface area contributed by atoms with E-state index in [4.69, 9.17) is 4.74 Å². The SMILES string of the molecule is CCOC(=O)C(CSSC(C)(C)CC(C)=O)N1C(=O)c2ccccc2C1=O. The van der Waals surface area contributed by atoms with Gasteiger partial charge in [-0.1, -0.05) is 33.7 Å². The first-order valence-electron chi connectivity index (χ1n) is 8.61. The molecule has 2 rings (SSSR count). The summed E-state index contributed by atoms with van der Waals surface area (Å²) >= 11 is 0. The third kappa shape index (κ3) is 5.13. The number of ketones is 1. The lowest BCUT2D eigenvalue weighted by atomic mass is 10.1. The average Bonchev–Trinajstić information content (AvgIpc) is 2.83. The number of nitrogens with zero attached hydrogens (tertiary/aromatic N) is 1. The van der Waals surface area contributed by atoms with Crippen molar-refractivity contribution in [2.24, 2.45) is 0 Å². The molecule has 146 valence electrons. The molecule has 0 fully saturated rings. The predicted octanol–water partition coefficient (Wildman–Crippen LogP) is 3.35. The molecule has 8 heteroatoms. The molecule has 1 aromatic rings. The Kier molecular flexibility index (Phi) is 7.11. The Labute approximate surface area is 166 Å². The maximum atomic E-state index is 12.7. The van der Waals surface area contributed by atoms with E-state index >= 15 is 0 Å². The second-order valence-electron chi connectivity index (χ2n) is 6.80. The zero-order valence-corrected chi connectivity index (χ0v) is 17.4. The molecule has 0 aliphatic carbocycles.